The molecule has 7 nitrogen and oxygen atoms in total. The van der Waals surface area contributed by atoms with E-state index in [0.29, 0.717) is 29.8 Å². The summed E-state index contributed by atoms with van der Waals surface area (Å²) in [7, 11) is 0. The second kappa shape index (κ2) is 8.87. The van der Waals surface area contributed by atoms with Gasteiger partial charge < -0.3 is 10.2 Å². The van der Waals surface area contributed by atoms with Crippen LogP contribution in [0.1, 0.15) is 50.8 Å². The minimum Gasteiger partial charge on any atom is -0.349 e. The maximum atomic E-state index is 13.9. The van der Waals surface area contributed by atoms with E-state index >= 15 is 0 Å². The summed E-state index contributed by atoms with van der Waals surface area (Å²) in [6, 6.07) is 8.20. The summed E-state index contributed by atoms with van der Waals surface area (Å²) < 4.78 is 1.86. The smallest absolute Gasteiger partial charge is 0.274 e. The molecule has 35 heavy (non-hydrogen) atoms. The lowest BCUT2D eigenvalue weighted by atomic mass is 9.94. The first-order valence-corrected chi connectivity index (χ1v) is 13.7. The Morgan fingerprint density at radius 1 is 1.20 bits per heavy atom. The van der Waals surface area contributed by atoms with E-state index in [2.05, 4.69) is 34.3 Å². The lowest BCUT2D eigenvalue weighted by Gasteiger charge is -2.28. The molecule has 4 heterocycles. The van der Waals surface area contributed by atoms with Crippen LogP contribution in [-0.2, 0) is 0 Å². The van der Waals surface area contributed by atoms with Crippen LogP contribution in [0.25, 0.3) is 15.4 Å². The lowest BCUT2D eigenvalue weighted by Crippen LogP contribution is -2.46. The number of imidazole rings is 1. The van der Waals surface area contributed by atoms with Crippen molar-refractivity contribution in [2.75, 3.05) is 13.1 Å². The highest BCUT2D eigenvalue weighted by Crippen LogP contribution is 2.43. The van der Waals surface area contributed by atoms with Gasteiger partial charge in [0.1, 0.15) is 11.4 Å². The first-order valence-electron chi connectivity index (χ1n) is 12.0. The molecule has 180 valence electrons. The van der Waals surface area contributed by atoms with Gasteiger partial charge in [-0.3, -0.25) is 14.0 Å². The summed E-state index contributed by atoms with van der Waals surface area (Å²) in [6.45, 7) is 5.17. The zero-order chi connectivity index (χ0) is 24.1. The molecule has 4 aromatic rings. The number of aromatic nitrogens is 3. The topological polar surface area (TPSA) is 79.6 Å². The molecule has 3 aromatic heterocycles. The van der Waals surface area contributed by atoms with Gasteiger partial charge in [0.25, 0.3) is 11.8 Å². The number of carbonyl (C=O) groups excluding carboxylic acids is 2. The second-order valence-corrected chi connectivity index (χ2v) is 11.7. The average molecular weight is 506 g/mol. The summed E-state index contributed by atoms with van der Waals surface area (Å²) >= 11 is 3.06. The fraction of sp³-hybridized carbons (Fsp3) is 0.385. The van der Waals surface area contributed by atoms with E-state index < -0.39 is 0 Å². The molecule has 2 fully saturated rings. The first-order chi connectivity index (χ1) is 17.0. The van der Waals surface area contributed by atoms with Crippen molar-refractivity contribution in [3.8, 4) is 10.4 Å². The van der Waals surface area contributed by atoms with Crippen LogP contribution in [0.2, 0.25) is 0 Å². The number of amides is 2. The Morgan fingerprint density at radius 3 is 2.91 bits per heavy atom. The third-order valence-electron chi connectivity index (χ3n) is 7.32. The maximum Gasteiger partial charge on any atom is 0.274 e. The molecule has 3 atom stereocenters. The quantitative estimate of drug-likeness (QED) is 0.422. The first kappa shape index (κ1) is 22.4. The molecule has 2 amide bonds. The Bertz CT molecular complexity index is 1390. The van der Waals surface area contributed by atoms with Gasteiger partial charge in [0.05, 0.1) is 15.9 Å². The maximum absolute atomic E-state index is 13.9. The van der Waals surface area contributed by atoms with Crippen LogP contribution >= 0.6 is 22.7 Å². The molecule has 1 saturated heterocycles. The third kappa shape index (κ3) is 4.06. The lowest BCUT2D eigenvalue weighted by molar-refractivity contribution is 0.0696. The Morgan fingerprint density at radius 2 is 2.09 bits per heavy atom. The number of benzene rings is 1. The molecule has 0 radical (unpaired) electrons. The van der Waals surface area contributed by atoms with Gasteiger partial charge in [-0.25, -0.2) is 9.97 Å². The molecule has 1 aliphatic carbocycles. The minimum absolute atomic E-state index is 0.0259. The van der Waals surface area contributed by atoms with Crippen molar-refractivity contribution < 1.29 is 9.59 Å². The van der Waals surface area contributed by atoms with E-state index in [4.69, 9.17) is 0 Å². The number of likely N-dealkylation sites (tertiary alicyclic amines) is 1. The van der Waals surface area contributed by atoms with E-state index in [1.54, 1.807) is 17.5 Å². The van der Waals surface area contributed by atoms with E-state index in [1.165, 1.54) is 17.8 Å². The molecule has 6 rings (SSSR count). The van der Waals surface area contributed by atoms with Gasteiger partial charge >= 0.3 is 0 Å². The average Bonchev–Trinajstić information content (AvgIpc) is 3.63. The summed E-state index contributed by atoms with van der Waals surface area (Å²) in [4.78, 5) is 39.6. The fourth-order valence-corrected chi connectivity index (χ4v) is 7.33. The highest BCUT2D eigenvalue weighted by Gasteiger charge is 2.46. The van der Waals surface area contributed by atoms with Crippen LogP contribution in [0, 0.1) is 25.7 Å². The molecular formula is C26H27N5O2S2. The van der Waals surface area contributed by atoms with Crippen LogP contribution < -0.4 is 5.32 Å². The molecule has 1 N–H and O–H groups in total. The van der Waals surface area contributed by atoms with Crippen LogP contribution in [0.3, 0.4) is 0 Å². The Labute approximate surface area is 211 Å². The van der Waals surface area contributed by atoms with Crippen molar-refractivity contribution in [1.82, 2.24) is 24.6 Å². The molecule has 1 aromatic carbocycles. The number of nitrogens with one attached hydrogen (secondary N) is 1. The number of fused-ring (bicyclic) bond motifs is 2. The number of aryl methyl sites for hydroxylation is 2. The summed E-state index contributed by atoms with van der Waals surface area (Å²) in [5.41, 5.74) is 3.13. The summed E-state index contributed by atoms with van der Waals surface area (Å²) in [5.74, 6) is 0.676. The molecule has 0 bridgehead atoms. The largest absolute Gasteiger partial charge is 0.349 e. The normalized spacial score (nSPS) is 21.5. The monoisotopic (exact) mass is 505 g/mol. The van der Waals surface area contributed by atoms with Gasteiger partial charge in [0, 0.05) is 30.9 Å². The van der Waals surface area contributed by atoms with Crippen LogP contribution in [0.15, 0.2) is 42.0 Å². The molecule has 1 aliphatic heterocycles. The van der Waals surface area contributed by atoms with Crippen LogP contribution in [-0.4, -0.2) is 50.2 Å². The van der Waals surface area contributed by atoms with Gasteiger partial charge in [-0.2, -0.15) is 0 Å². The van der Waals surface area contributed by atoms with Crippen molar-refractivity contribution in [2.24, 2.45) is 11.8 Å². The molecular weight excluding hydrogens is 478 g/mol. The second-order valence-electron chi connectivity index (χ2n) is 9.59. The van der Waals surface area contributed by atoms with Crippen molar-refractivity contribution in [1.29, 1.82) is 0 Å². The number of hydrogen-bond acceptors (Lipinski definition) is 6. The Hall–Kier alpha value is -3.04. The van der Waals surface area contributed by atoms with Gasteiger partial charge in [0.15, 0.2) is 4.96 Å². The number of hydrogen-bond donors (Lipinski definition) is 1. The molecule has 9 heteroatoms. The summed E-state index contributed by atoms with van der Waals surface area (Å²) in [5, 5.41) is 5.90. The van der Waals surface area contributed by atoms with Crippen molar-refractivity contribution in [2.45, 2.75) is 39.2 Å². The number of carbonyl (C=O) groups is 2. The highest BCUT2D eigenvalue weighted by atomic mass is 32.1. The van der Waals surface area contributed by atoms with E-state index in [9.17, 15) is 9.59 Å². The van der Waals surface area contributed by atoms with Crippen molar-refractivity contribution in [3.63, 3.8) is 0 Å². The predicted molar refractivity (Wildman–Crippen MR) is 138 cm³/mol. The van der Waals surface area contributed by atoms with Gasteiger partial charge in [-0.1, -0.05) is 36.2 Å². The van der Waals surface area contributed by atoms with Gasteiger partial charge in [-0.15, -0.1) is 22.7 Å². The molecule has 0 unspecified atom stereocenters. The predicted octanol–water partition coefficient (Wildman–Crippen LogP) is 4.81. The van der Waals surface area contributed by atoms with E-state index in [1.807, 2.05) is 39.9 Å². The van der Waals surface area contributed by atoms with Crippen LogP contribution in [0.4, 0.5) is 0 Å². The number of nitrogens with zero attached hydrogens (tertiary/aromatic N) is 4. The molecule has 2 aliphatic rings. The third-order valence-corrected chi connectivity index (χ3v) is 9.11. The summed E-state index contributed by atoms with van der Waals surface area (Å²) in [6.07, 6.45) is 7.06. The van der Waals surface area contributed by atoms with Gasteiger partial charge in [-0.05, 0) is 44.1 Å². The van der Waals surface area contributed by atoms with E-state index in [0.717, 1.165) is 45.4 Å². The molecule has 0 spiro atoms. The van der Waals surface area contributed by atoms with Crippen LogP contribution in [0.5, 0.6) is 0 Å². The standard InChI is InChI=1S/C26H27N5O2S2/c1-15-5-3-6-17(11-15)23-22(28-16(2)35-23)25(33)31-13-18-7-4-8-19(18)21(31)12-27-24(32)20-14-30-9-10-34-26(30)29-20/h3,5-6,9-11,14,18-19,21H,4,7-8,12-13H2,1-2H3,(H,27,32)/t18-,19-,21+/m0/s1. The highest BCUT2D eigenvalue weighted by molar-refractivity contribution is 7.15. The van der Waals surface area contributed by atoms with Gasteiger partial charge in [0.2, 0.25) is 0 Å². The Kier molecular flexibility index (Phi) is 5.69. The minimum atomic E-state index is -0.195. The number of thiazole rings is 2. The van der Waals surface area contributed by atoms with Crippen molar-refractivity contribution in [3.05, 3.63) is 64.0 Å². The fourth-order valence-electron chi connectivity index (χ4n) is 5.73. The zero-order valence-electron chi connectivity index (χ0n) is 19.7. The SMILES string of the molecule is Cc1cccc(-c2sc(C)nc2C(=O)N2C[C@@H]3CCC[C@@H]3[C@H]2CNC(=O)c2cn3ccsc3n2)c1. The Balaban J connectivity index is 1.25. The zero-order valence-corrected chi connectivity index (χ0v) is 21.4. The van der Waals surface area contributed by atoms with Crippen molar-refractivity contribution >= 4 is 39.4 Å². The number of rotatable bonds is 5. The van der Waals surface area contributed by atoms with E-state index in [-0.39, 0.29) is 17.9 Å². The molecule has 1 saturated carbocycles.